The van der Waals surface area contributed by atoms with Crippen LogP contribution in [0.4, 0.5) is 0 Å². The van der Waals surface area contributed by atoms with Gasteiger partial charge in [0.25, 0.3) is 0 Å². The van der Waals surface area contributed by atoms with E-state index in [4.69, 9.17) is 0 Å². The molecule has 0 aromatic carbocycles. The number of hydrogen-bond donors (Lipinski definition) is 0. The third-order valence-corrected chi connectivity index (χ3v) is 3.01. The van der Waals surface area contributed by atoms with Gasteiger partial charge in [0.1, 0.15) is 0 Å². The van der Waals surface area contributed by atoms with Crippen LogP contribution in [0.2, 0.25) is 0 Å². The Hall–Kier alpha value is 0.570. The minimum atomic E-state index is 0.796. The van der Waals surface area contributed by atoms with Gasteiger partial charge in [-0.15, -0.1) is 6.58 Å². The molecule has 0 rings (SSSR count). The van der Waals surface area contributed by atoms with Gasteiger partial charge in [0, 0.05) is 5.33 Å². The van der Waals surface area contributed by atoms with Crippen molar-refractivity contribution in [3.8, 4) is 0 Å². The number of halogens is 1. The van der Waals surface area contributed by atoms with Crippen molar-refractivity contribution in [3.05, 3.63) is 12.7 Å². The Morgan fingerprint density at radius 2 is 2.40 bits per heavy atom. The SMILES string of the molecule is C=CCC(CBr)CCSC. The Morgan fingerprint density at radius 3 is 2.80 bits per heavy atom. The molecule has 0 saturated heterocycles. The monoisotopic (exact) mass is 222 g/mol. The van der Waals surface area contributed by atoms with E-state index < -0.39 is 0 Å². The van der Waals surface area contributed by atoms with E-state index in [1.54, 1.807) is 0 Å². The first-order valence-corrected chi connectivity index (χ1v) is 6.02. The second-order valence-electron chi connectivity index (χ2n) is 2.33. The molecule has 0 bridgehead atoms. The highest BCUT2D eigenvalue weighted by atomic mass is 79.9. The topological polar surface area (TPSA) is 0 Å². The minimum absolute atomic E-state index is 0.796. The van der Waals surface area contributed by atoms with E-state index in [1.165, 1.54) is 12.2 Å². The van der Waals surface area contributed by atoms with E-state index in [-0.39, 0.29) is 0 Å². The lowest BCUT2D eigenvalue weighted by Gasteiger charge is -2.09. The first kappa shape index (κ1) is 10.6. The van der Waals surface area contributed by atoms with Crippen molar-refractivity contribution in [1.29, 1.82) is 0 Å². The fraction of sp³-hybridized carbons (Fsp3) is 0.750. The Labute approximate surface area is 76.6 Å². The first-order valence-electron chi connectivity index (χ1n) is 3.51. The van der Waals surface area contributed by atoms with E-state index in [1.807, 2.05) is 17.8 Å². The number of hydrogen-bond acceptors (Lipinski definition) is 1. The number of alkyl halides is 1. The molecule has 60 valence electrons. The second-order valence-corrected chi connectivity index (χ2v) is 3.96. The van der Waals surface area contributed by atoms with Crippen molar-refractivity contribution in [2.24, 2.45) is 5.92 Å². The van der Waals surface area contributed by atoms with E-state index in [2.05, 4.69) is 28.8 Å². The molecule has 1 unspecified atom stereocenters. The van der Waals surface area contributed by atoms with Crippen LogP contribution in [0.25, 0.3) is 0 Å². The highest BCUT2D eigenvalue weighted by molar-refractivity contribution is 9.09. The molecule has 0 aliphatic heterocycles. The standard InChI is InChI=1S/C8H15BrS/c1-3-4-8(7-9)5-6-10-2/h3,8H,1,4-7H2,2H3. The summed E-state index contributed by atoms with van der Waals surface area (Å²) in [6.07, 6.45) is 6.61. The molecule has 2 heteroatoms. The predicted molar refractivity (Wildman–Crippen MR) is 55.1 cm³/mol. The molecule has 0 aromatic heterocycles. The van der Waals surface area contributed by atoms with Gasteiger partial charge < -0.3 is 0 Å². The largest absolute Gasteiger partial charge is 0.165 e. The fourth-order valence-corrected chi connectivity index (χ4v) is 1.94. The summed E-state index contributed by atoms with van der Waals surface area (Å²) < 4.78 is 0. The third-order valence-electron chi connectivity index (χ3n) is 1.45. The van der Waals surface area contributed by atoms with Crippen LogP contribution in [0.15, 0.2) is 12.7 Å². The molecule has 0 aliphatic rings. The zero-order valence-corrected chi connectivity index (χ0v) is 8.88. The van der Waals surface area contributed by atoms with E-state index in [9.17, 15) is 0 Å². The minimum Gasteiger partial charge on any atom is -0.165 e. The van der Waals surface area contributed by atoms with Gasteiger partial charge in [-0.3, -0.25) is 0 Å². The average molecular weight is 223 g/mol. The summed E-state index contributed by atoms with van der Waals surface area (Å²) >= 11 is 5.41. The third kappa shape index (κ3) is 5.36. The van der Waals surface area contributed by atoms with Crippen molar-refractivity contribution >= 4 is 27.7 Å². The normalized spacial score (nSPS) is 13.0. The maximum absolute atomic E-state index is 3.73. The van der Waals surface area contributed by atoms with Crippen molar-refractivity contribution in [3.63, 3.8) is 0 Å². The molecular formula is C8H15BrS. The lowest BCUT2D eigenvalue weighted by atomic mass is 10.1. The van der Waals surface area contributed by atoms with Crippen LogP contribution in [0.3, 0.4) is 0 Å². The van der Waals surface area contributed by atoms with Crippen LogP contribution >= 0.6 is 27.7 Å². The molecule has 0 aromatic rings. The van der Waals surface area contributed by atoms with Gasteiger partial charge in [0.2, 0.25) is 0 Å². The van der Waals surface area contributed by atoms with E-state index in [0.29, 0.717) is 0 Å². The molecule has 0 amide bonds. The van der Waals surface area contributed by atoms with Crippen molar-refractivity contribution in [1.82, 2.24) is 0 Å². The molecule has 0 N–H and O–H groups in total. The molecule has 0 heterocycles. The molecular weight excluding hydrogens is 208 g/mol. The summed E-state index contributed by atoms with van der Waals surface area (Å²) in [7, 11) is 0. The van der Waals surface area contributed by atoms with Crippen LogP contribution in [-0.2, 0) is 0 Å². The molecule has 0 radical (unpaired) electrons. The van der Waals surface area contributed by atoms with Crippen LogP contribution < -0.4 is 0 Å². The van der Waals surface area contributed by atoms with Crippen LogP contribution in [0.1, 0.15) is 12.8 Å². The Kier molecular flexibility index (Phi) is 8.11. The zero-order valence-electron chi connectivity index (χ0n) is 6.48. The molecule has 0 nitrogen and oxygen atoms in total. The molecule has 1 atom stereocenters. The summed E-state index contributed by atoms with van der Waals surface area (Å²) in [5, 5.41) is 1.11. The first-order chi connectivity index (χ1) is 4.85. The van der Waals surface area contributed by atoms with Crippen molar-refractivity contribution < 1.29 is 0 Å². The van der Waals surface area contributed by atoms with Gasteiger partial charge in [-0.1, -0.05) is 22.0 Å². The summed E-state index contributed by atoms with van der Waals surface area (Å²) in [5.41, 5.74) is 0. The highest BCUT2D eigenvalue weighted by Gasteiger charge is 2.02. The highest BCUT2D eigenvalue weighted by Crippen LogP contribution is 2.14. The van der Waals surface area contributed by atoms with Gasteiger partial charge >= 0.3 is 0 Å². The van der Waals surface area contributed by atoms with Gasteiger partial charge in [-0.2, -0.15) is 11.8 Å². The molecule has 10 heavy (non-hydrogen) atoms. The van der Waals surface area contributed by atoms with Crippen molar-refractivity contribution in [2.45, 2.75) is 12.8 Å². The Bertz CT molecular complexity index is 83.3. The lowest BCUT2D eigenvalue weighted by molar-refractivity contribution is 0.592. The summed E-state index contributed by atoms with van der Waals surface area (Å²) in [4.78, 5) is 0. The average Bonchev–Trinajstić information content (AvgIpc) is 1.98. The maximum Gasteiger partial charge on any atom is 0.00629 e. The van der Waals surface area contributed by atoms with Gasteiger partial charge in [-0.05, 0) is 30.8 Å². The predicted octanol–water partition coefficient (Wildman–Crippen LogP) is 3.33. The van der Waals surface area contributed by atoms with Gasteiger partial charge in [0.05, 0.1) is 0 Å². The summed E-state index contributed by atoms with van der Waals surface area (Å²) in [6, 6.07) is 0. The molecule has 0 saturated carbocycles. The zero-order chi connectivity index (χ0) is 7.82. The maximum atomic E-state index is 3.73. The second kappa shape index (κ2) is 7.67. The van der Waals surface area contributed by atoms with Crippen LogP contribution in [0, 0.1) is 5.92 Å². The van der Waals surface area contributed by atoms with E-state index in [0.717, 1.165) is 17.7 Å². The quantitative estimate of drug-likeness (QED) is 0.491. The van der Waals surface area contributed by atoms with Crippen molar-refractivity contribution in [2.75, 3.05) is 17.3 Å². The Balaban J connectivity index is 3.29. The number of thioether (sulfide) groups is 1. The van der Waals surface area contributed by atoms with Crippen LogP contribution in [-0.4, -0.2) is 17.3 Å². The van der Waals surface area contributed by atoms with Crippen LogP contribution in [0.5, 0.6) is 0 Å². The number of allylic oxidation sites excluding steroid dienone is 1. The lowest BCUT2D eigenvalue weighted by Crippen LogP contribution is -2.01. The Morgan fingerprint density at radius 1 is 1.70 bits per heavy atom. The van der Waals surface area contributed by atoms with Gasteiger partial charge in [-0.25, -0.2) is 0 Å². The smallest absolute Gasteiger partial charge is 0.00629 e. The molecule has 0 fully saturated rings. The number of rotatable bonds is 6. The molecule has 0 aliphatic carbocycles. The van der Waals surface area contributed by atoms with E-state index >= 15 is 0 Å². The molecule has 0 spiro atoms. The fourth-order valence-electron chi connectivity index (χ4n) is 0.778. The summed E-state index contributed by atoms with van der Waals surface area (Å²) in [5.74, 6) is 2.06. The van der Waals surface area contributed by atoms with Gasteiger partial charge in [0.15, 0.2) is 0 Å². The summed E-state index contributed by atoms with van der Waals surface area (Å²) in [6.45, 7) is 3.73.